The van der Waals surface area contributed by atoms with Crippen LogP contribution in [0.5, 0.6) is 5.75 Å². The topological polar surface area (TPSA) is 75.2 Å². The standard InChI is InChI=1S/C25H34N4O3/c1-18-16-29(17-19(2)32-18)24(30)22-9-5-21(6-10-22)15-28-25(26-3)27-14-13-20-7-11-23(31-4)12-8-20/h5-12,18-19H,13-17H2,1-4H3,(H2,26,27,28). The molecule has 1 aliphatic rings. The minimum atomic E-state index is 0.0579. The molecule has 1 amide bonds. The summed E-state index contributed by atoms with van der Waals surface area (Å²) in [5.41, 5.74) is 3.03. The van der Waals surface area contributed by atoms with Crippen LogP contribution in [-0.4, -0.2) is 62.8 Å². The molecule has 3 rings (SSSR count). The Morgan fingerprint density at radius 2 is 1.66 bits per heavy atom. The number of nitrogens with zero attached hydrogens (tertiary/aromatic N) is 2. The zero-order valence-electron chi connectivity index (χ0n) is 19.4. The molecule has 0 saturated carbocycles. The van der Waals surface area contributed by atoms with E-state index in [1.54, 1.807) is 14.2 Å². The van der Waals surface area contributed by atoms with Gasteiger partial charge in [-0.25, -0.2) is 0 Å². The van der Waals surface area contributed by atoms with Crippen molar-refractivity contribution in [2.45, 2.75) is 39.0 Å². The van der Waals surface area contributed by atoms with E-state index in [0.29, 0.717) is 25.2 Å². The van der Waals surface area contributed by atoms with Crippen LogP contribution >= 0.6 is 0 Å². The Balaban J connectivity index is 1.45. The van der Waals surface area contributed by atoms with Gasteiger partial charge in [-0.05, 0) is 55.7 Å². The summed E-state index contributed by atoms with van der Waals surface area (Å²) in [5, 5.41) is 6.65. The quantitative estimate of drug-likeness (QED) is 0.514. The molecule has 7 nitrogen and oxygen atoms in total. The Morgan fingerprint density at radius 1 is 1.03 bits per heavy atom. The Hall–Kier alpha value is -3.06. The number of benzene rings is 2. The summed E-state index contributed by atoms with van der Waals surface area (Å²) in [6.07, 6.45) is 1.02. The van der Waals surface area contributed by atoms with Gasteiger partial charge in [0.2, 0.25) is 0 Å². The first kappa shape index (κ1) is 23.6. The van der Waals surface area contributed by atoms with E-state index < -0.39 is 0 Å². The Kier molecular flexibility index (Phi) is 8.50. The third-order valence-electron chi connectivity index (χ3n) is 5.46. The monoisotopic (exact) mass is 438 g/mol. The largest absolute Gasteiger partial charge is 0.497 e. The van der Waals surface area contributed by atoms with Crippen molar-refractivity contribution in [3.8, 4) is 5.75 Å². The molecule has 0 spiro atoms. The number of hydrogen-bond acceptors (Lipinski definition) is 4. The number of methoxy groups -OCH3 is 1. The van der Waals surface area contributed by atoms with Crippen LogP contribution in [0.15, 0.2) is 53.5 Å². The molecule has 2 atom stereocenters. The van der Waals surface area contributed by atoms with E-state index in [9.17, 15) is 4.79 Å². The maximum Gasteiger partial charge on any atom is 0.254 e. The van der Waals surface area contributed by atoms with Crippen molar-refractivity contribution in [2.75, 3.05) is 33.8 Å². The minimum Gasteiger partial charge on any atom is -0.497 e. The molecule has 1 fully saturated rings. The van der Waals surface area contributed by atoms with Crippen LogP contribution in [0.1, 0.15) is 35.3 Å². The summed E-state index contributed by atoms with van der Waals surface area (Å²) in [7, 11) is 3.43. The van der Waals surface area contributed by atoms with Crippen LogP contribution in [0.3, 0.4) is 0 Å². The molecule has 0 aromatic heterocycles. The highest BCUT2D eigenvalue weighted by Crippen LogP contribution is 2.15. The van der Waals surface area contributed by atoms with Crippen LogP contribution in [0, 0.1) is 0 Å². The first-order valence-electron chi connectivity index (χ1n) is 11.1. The van der Waals surface area contributed by atoms with Crippen LogP contribution in [0.2, 0.25) is 0 Å². The second-order valence-corrected chi connectivity index (χ2v) is 8.11. The van der Waals surface area contributed by atoms with Gasteiger partial charge in [0.05, 0.1) is 19.3 Å². The lowest BCUT2D eigenvalue weighted by atomic mass is 10.1. The third-order valence-corrected chi connectivity index (χ3v) is 5.46. The zero-order valence-corrected chi connectivity index (χ0v) is 19.4. The second-order valence-electron chi connectivity index (χ2n) is 8.11. The number of rotatable bonds is 7. The van der Waals surface area contributed by atoms with Gasteiger partial charge in [0.1, 0.15) is 5.75 Å². The van der Waals surface area contributed by atoms with Gasteiger partial charge in [-0.15, -0.1) is 0 Å². The number of guanidine groups is 1. The fraction of sp³-hybridized carbons (Fsp3) is 0.440. The summed E-state index contributed by atoms with van der Waals surface area (Å²) < 4.78 is 10.9. The molecule has 1 aliphatic heterocycles. The summed E-state index contributed by atoms with van der Waals surface area (Å²) in [6.45, 7) is 6.67. The summed E-state index contributed by atoms with van der Waals surface area (Å²) in [5.74, 6) is 1.67. The van der Waals surface area contributed by atoms with Crippen molar-refractivity contribution in [2.24, 2.45) is 4.99 Å². The average molecular weight is 439 g/mol. The molecule has 1 heterocycles. The van der Waals surface area contributed by atoms with E-state index in [1.807, 2.05) is 55.1 Å². The van der Waals surface area contributed by atoms with E-state index in [0.717, 1.165) is 30.2 Å². The highest BCUT2D eigenvalue weighted by molar-refractivity contribution is 5.94. The predicted molar refractivity (Wildman–Crippen MR) is 127 cm³/mol. The Bertz CT molecular complexity index is 886. The third kappa shape index (κ3) is 6.72. The maximum atomic E-state index is 12.8. The molecule has 7 heteroatoms. The van der Waals surface area contributed by atoms with Gasteiger partial charge in [-0.1, -0.05) is 24.3 Å². The van der Waals surface area contributed by atoms with Crippen molar-refractivity contribution >= 4 is 11.9 Å². The van der Waals surface area contributed by atoms with E-state index in [4.69, 9.17) is 9.47 Å². The summed E-state index contributed by atoms with van der Waals surface area (Å²) in [4.78, 5) is 19.0. The van der Waals surface area contributed by atoms with E-state index in [-0.39, 0.29) is 18.1 Å². The number of carbonyl (C=O) groups is 1. The van der Waals surface area contributed by atoms with Crippen LogP contribution in [-0.2, 0) is 17.7 Å². The SMILES string of the molecule is CN=C(NCCc1ccc(OC)cc1)NCc1ccc(C(=O)N2CC(C)OC(C)C2)cc1. The molecule has 2 aromatic rings. The molecule has 2 aromatic carbocycles. The smallest absolute Gasteiger partial charge is 0.254 e. The molecule has 2 unspecified atom stereocenters. The fourth-order valence-corrected chi connectivity index (χ4v) is 3.82. The van der Waals surface area contributed by atoms with Gasteiger partial charge in [0.25, 0.3) is 5.91 Å². The first-order valence-corrected chi connectivity index (χ1v) is 11.1. The van der Waals surface area contributed by atoms with Gasteiger partial charge in [-0.2, -0.15) is 0 Å². The Labute approximate surface area is 190 Å². The molecule has 1 saturated heterocycles. The highest BCUT2D eigenvalue weighted by Gasteiger charge is 2.26. The first-order chi connectivity index (χ1) is 15.5. The van der Waals surface area contributed by atoms with E-state index in [2.05, 4.69) is 27.8 Å². The molecule has 172 valence electrons. The Morgan fingerprint density at radius 3 is 2.25 bits per heavy atom. The number of hydrogen-bond donors (Lipinski definition) is 2. The van der Waals surface area contributed by atoms with Gasteiger partial charge in [0, 0.05) is 38.8 Å². The normalized spacial score (nSPS) is 18.9. The number of amides is 1. The fourth-order valence-electron chi connectivity index (χ4n) is 3.82. The van der Waals surface area contributed by atoms with Gasteiger partial charge < -0.3 is 25.0 Å². The molecular formula is C25H34N4O3. The van der Waals surface area contributed by atoms with Crippen LogP contribution < -0.4 is 15.4 Å². The molecule has 0 radical (unpaired) electrons. The number of nitrogens with one attached hydrogen (secondary N) is 2. The highest BCUT2D eigenvalue weighted by atomic mass is 16.5. The van der Waals surface area contributed by atoms with E-state index in [1.165, 1.54) is 5.56 Å². The minimum absolute atomic E-state index is 0.0579. The van der Waals surface area contributed by atoms with Crippen molar-refractivity contribution in [3.63, 3.8) is 0 Å². The number of carbonyl (C=O) groups excluding carboxylic acids is 1. The van der Waals surface area contributed by atoms with Gasteiger partial charge in [0.15, 0.2) is 5.96 Å². The predicted octanol–water partition coefficient (Wildman–Crippen LogP) is 2.85. The van der Waals surface area contributed by atoms with Crippen molar-refractivity contribution in [3.05, 3.63) is 65.2 Å². The molecular weight excluding hydrogens is 404 g/mol. The zero-order chi connectivity index (χ0) is 22.9. The summed E-state index contributed by atoms with van der Waals surface area (Å²) >= 11 is 0. The van der Waals surface area contributed by atoms with Crippen molar-refractivity contribution in [1.82, 2.24) is 15.5 Å². The number of aliphatic imine (C=N–C) groups is 1. The van der Waals surface area contributed by atoms with Gasteiger partial charge >= 0.3 is 0 Å². The lowest BCUT2D eigenvalue weighted by molar-refractivity contribution is -0.0586. The average Bonchev–Trinajstić information content (AvgIpc) is 2.81. The summed E-state index contributed by atoms with van der Waals surface area (Å²) in [6, 6.07) is 15.8. The molecule has 32 heavy (non-hydrogen) atoms. The van der Waals surface area contributed by atoms with E-state index >= 15 is 0 Å². The number of ether oxygens (including phenoxy) is 2. The molecule has 2 N–H and O–H groups in total. The second kappa shape index (κ2) is 11.5. The lowest BCUT2D eigenvalue weighted by Crippen LogP contribution is -2.48. The molecule has 0 aliphatic carbocycles. The van der Waals surface area contributed by atoms with Crippen molar-refractivity contribution < 1.29 is 14.3 Å². The van der Waals surface area contributed by atoms with Gasteiger partial charge in [-0.3, -0.25) is 9.79 Å². The van der Waals surface area contributed by atoms with Crippen molar-refractivity contribution in [1.29, 1.82) is 0 Å². The maximum absolute atomic E-state index is 12.8. The van der Waals surface area contributed by atoms with Crippen LogP contribution in [0.4, 0.5) is 0 Å². The van der Waals surface area contributed by atoms with Crippen LogP contribution in [0.25, 0.3) is 0 Å². The lowest BCUT2D eigenvalue weighted by Gasteiger charge is -2.35. The number of morpholine rings is 1. The molecule has 0 bridgehead atoms.